The second-order valence-corrected chi connectivity index (χ2v) is 13.5. The standard InChI is InChI=1S/C26H30N2O2Si/c1-16-13-17(26(29)30)7-10-20(16)25-21-11-8-18(27-2)14-23(21)31(5,6)24-15-19(28(3)4)9-12-22(24)25/h7-15,25,27H,1-6H3,(H,29,30). The van der Waals surface area contributed by atoms with E-state index in [1.54, 1.807) is 12.1 Å². The first-order valence-corrected chi connectivity index (χ1v) is 13.6. The van der Waals surface area contributed by atoms with E-state index in [9.17, 15) is 9.90 Å². The molecule has 0 bridgehead atoms. The van der Waals surface area contributed by atoms with E-state index < -0.39 is 14.0 Å². The number of rotatable bonds is 4. The van der Waals surface area contributed by atoms with Crippen molar-refractivity contribution in [3.8, 4) is 0 Å². The van der Waals surface area contributed by atoms with Gasteiger partial charge in [-0.3, -0.25) is 0 Å². The Morgan fingerprint density at radius 1 is 0.935 bits per heavy atom. The number of carbonyl (C=O) groups is 1. The largest absolute Gasteiger partial charge is 0.478 e. The van der Waals surface area contributed by atoms with Crippen LogP contribution in [-0.2, 0) is 0 Å². The van der Waals surface area contributed by atoms with E-state index >= 15 is 0 Å². The van der Waals surface area contributed by atoms with Crippen LogP contribution in [0.3, 0.4) is 0 Å². The zero-order chi connectivity index (χ0) is 22.5. The molecule has 0 aromatic heterocycles. The maximum atomic E-state index is 11.5. The van der Waals surface area contributed by atoms with Crippen LogP contribution in [0.1, 0.15) is 38.5 Å². The van der Waals surface area contributed by atoms with Crippen molar-refractivity contribution in [2.45, 2.75) is 25.9 Å². The first-order valence-electron chi connectivity index (χ1n) is 10.6. The van der Waals surface area contributed by atoms with Gasteiger partial charge in [0, 0.05) is 38.4 Å². The molecule has 0 saturated carbocycles. The summed E-state index contributed by atoms with van der Waals surface area (Å²) in [5.41, 5.74) is 7.54. The van der Waals surface area contributed by atoms with Gasteiger partial charge in [0.2, 0.25) is 0 Å². The smallest absolute Gasteiger partial charge is 0.335 e. The van der Waals surface area contributed by atoms with Gasteiger partial charge in [0.15, 0.2) is 0 Å². The van der Waals surface area contributed by atoms with Crippen LogP contribution in [0.25, 0.3) is 0 Å². The third-order valence-electron chi connectivity index (χ3n) is 6.69. The maximum Gasteiger partial charge on any atom is 0.335 e. The molecule has 0 amide bonds. The third kappa shape index (κ3) is 3.43. The van der Waals surface area contributed by atoms with Gasteiger partial charge >= 0.3 is 5.97 Å². The van der Waals surface area contributed by atoms with Crippen LogP contribution in [0.15, 0.2) is 54.6 Å². The molecule has 1 unspecified atom stereocenters. The Balaban J connectivity index is 2.02. The number of benzene rings is 3. The van der Waals surface area contributed by atoms with E-state index in [1.165, 1.54) is 32.8 Å². The lowest BCUT2D eigenvalue weighted by molar-refractivity contribution is 0.0696. The summed E-state index contributed by atoms with van der Waals surface area (Å²) in [6.45, 7) is 6.88. The molecule has 3 aromatic carbocycles. The predicted molar refractivity (Wildman–Crippen MR) is 133 cm³/mol. The Labute approximate surface area is 185 Å². The normalized spacial score (nSPS) is 16.3. The van der Waals surface area contributed by atoms with Crippen molar-refractivity contribution >= 4 is 35.8 Å². The second-order valence-electron chi connectivity index (χ2n) is 9.15. The summed E-state index contributed by atoms with van der Waals surface area (Å²) in [7, 11) is 4.19. The van der Waals surface area contributed by atoms with E-state index in [1.807, 2.05) is 20.0 Å². The molecule has 0 saturated heterocycles. The van der Waals surface area contributed by atoms with Gasteiger partial charge in [-0.2, -0.15) is 0 Å². The predicted octanol–water partition coefficient (Wildman–Crippen LogP) is 4.12. The van der Waals surface area contributed by atoms with Crippen molar-refractivity contribution in [1.29, 1.82) is 0 Å². The number of hydrogen-bond acceptors (Lipinski definition) is 3. The van der Waals surface area contributed by atoms with E-state index in [2.05, 4.69) is 73.8 Å². The van der Waals surface area contributed by atoms with Gasteiger partial charge in [-0.05, 0) is 75.9 Å². The molecular formula is C26H30N2O2Si. The average molecular weight is 431 g/mol. The lowest BCUT2D eigenvalue weighted by atomic mass is 9.82. The number of carboxylic acids is 1. The fourth-order valence-corrected chi connectivity index (χ4v) is 8.11. The van der Waals surface area contributed by atoms with Crippen molar-refractivity contribution in [2.24, 2.45) is 0 Å². The molecule has 0 aliphatic carbocycles. The number of carboxylic acid groups (broad SMARTS) is 1. The Kier molecular flexibility index (Phi) is 5.18. The molecule has 3 aromatic rings. The van der Waals surface area contributed by atoms with Crippen molar-refractivity contribution < 1.29 is 9.90 Å². The summed E-state index contributed by atoms with van der Waals surface area (Å²) in [5, 5.41) is 15.6. The molecule has 2 N–H and O–H groups in total. The van der Waals surface area contributed by atoms with Gasteiger partial charge in [-0.1, -0.05) is 31.3 Å². The van der Waals surface area contributed by atoms with E-state index in [0.29, 0.717) is 5.56 Å². The SMILES string of the molecule is CNc1ccc2c(c1)[Si](C)(C)c1cc(N(C)C)ccc1C2c1ccc(C(=O)O)cc1C. The van der Waals surface area contributed by atoms with Crippen LogP contribution in [0.5, 0.6) is 0 Å². The lowest BCUT2D eigenvalue weighted by Crippen LogP contribution is -2.59. The highest BCUT2D eigenvalue weighted by Crippen LogP contribution is 2.38. The van der Waals surface area contributed by atoms with Gasteiger partial charge in [-0.25, -0.2) is 4.79 Å². The molecule has 1 aliphatic heterocycles. The molecule has 4 rings (SSSR count). The highest BCUT2D eigenvalue weighted by molar-refractivity contribution is 7.01. The zero-order valence-corrected chi connectivity index (χ0v) is 20.1. The van der Waals surface area contributed by atoms with Crippen molar-refractivity contribution in [3.63, 3.8) is 0 Å². The summed E-state index contributed by atoms with van der Waals surface area (Å²) in [6.07, 6.45) is 0. The van der Waals surface area contributed by atoms with Crippen LogP contribution in [0.2, 0.25) is 13.1 Å². The average Bonchev–Trinajstić information content (AvgIpc) is 2.74. The Morgan fingerprint density at radius 3 is 2.13 bits per heavy atom. The zero-order valence-electron chi connectivity index (χ0n) is 19.1. The molecular weight excluding hydrogens is 400 g/mol. The van der Waals surface area contributed by atoms with E-state index in [0.717, 1.165) is 11.3 Å². The molecule has 1 atom stereocenters. The van der Waals surface area contributed by atoms with Crippen LogP contribution >= 0.6 is 0 Å². The summed E-state index contributed by atoms with van der Waals surface area (Å²) in [4.78, 5) is 13.6. The maximum absolute atomic E-state index is 11.5. The fourth-order valence-electron chi connectivity index (χ4n) is 4.90. The Bertz CT molecular complexity index is 1180. The number of fused-ring (bicyclic) bond motifs is 2. The van der Waals surface area contributed by atoms with Crippen molar-refractivity contribution in [2.75, 3.05) is 31.4 Å². The molecule has 1 heterocycles. The summed E-state index contributed by atoms with van der Waals surface area (Å²) in [5.74, 6) is -0.794. The van der Waals surface area contributed by atoms with Crippen LogP contribution in [-0.4, -0.2) is 40.3 Å². The minimum atomic E-state index is -1.94. The molecule has 0 spiro atoms. The van der Waals surface area contributed by atoms with Gasteiger partial charge in [-0.15, -0.1) is 0 Å². The number of hydrogen-bond donors (Lipinski definition) is 2. The second kappa shape index (κ2) is 7.57. The Hall–Kier alpha value is -3.05. The van der Waals surface area contributed by atoms with Gasteiger partial charge in [0.25, 0.3) is 0 Å². The number of nitrogens with one attached hydrogen (secondary N) is 1. The van der Waals surface area contributed by atoms with Gasteiger partial charge in [0.1, 0.15) is 8.07 Å². The minimum Gasteiger partial charge on any atom is -0.478 e. The number of nitrogens with zero attached hydrogens (tertiary/aromatic N) is 1. The Morgan fingerprint density at radius 2 is 1.55 bits per heavy atom. The van der Waals surface area contributed by atoms with Crippen LogP contribution < -0.4 is 20.6 Å². The monoisotopic (exact) mass is 430 g/mol. The summed E-state index contributed by atoms with van der Waals surface area (Å²) >= 11 is 0. The highest BCUT2D eigenvalue weighted by Gasteiger charge is 2.40. The van der Waals surface area contributed by atoms with Crippen molar-refractivity contribution in [1.82, 2.24) is 0 Å². The molecule has 0 fully saturated rings. The molecule has 1 aliphatic rings. The molecule has 5 heteroatoms. The quantitative estimate of drug-likeness (QED) is 0.612. The summed E-state index contributed by atoms with van der Waals surface area (Å²) in [6, 6.07) is 19.1. The van der Waals surface area contributed by atoms with Crippen LogP contribution in [0, 0.1) is 6.92 Å². The molecule has 0 radical (unpaired) electrons. The topological polar surface area (TPSA) is 52.6 Å². The third-order valence-corrected chi connectivity index (χ3v) is 10.3. The molecule has 160 valence electrons. The fraction of sp³-hybridized carbons (Fsp3) is 0.269. The first-order chi connectivity index (χ1) is 14.6. The highest BCUT2D eigenvalue weighted by atomic mass is 28.3. The van der Waals surface area contributed by atoms with Crippen molar-refractivity contribution in [3.05, 3.63) is 82.4 Å². The summed E-state index contributed by atoms with van der Waals surface area (Å²) < 4.78 is 0. The molecule has 31 heavy (non-hydrogen) atoms. The molecule has 4 nitrogen and oxygen atoms in total. The first kappa shape index (κ1) is 21.2. The number of anilines is 2. The minimum absolute atomic E-state index is 0.0930. The lowest BCUT2D eigenvalue weighted by Gasteiger charge is -2.40. The van der Waals surface area contributed by atoms with E-state index in [-0.39, 0.29) is 5.92 Å². The van der Waals surface area contributed by atoms with Gasteiger partial charge < -0.3 is 15.3 Å². The number of aryl methyl sites for hydroxylation is 1. The van der Waals surface area contributed by atoms with E-state index in [4.69, 9.17) is 0 Å². The number of aromatic carboxylic acids is 1. The van der Waals surface area contributed by atoms with Gasteiger partial charge in [0.05, 0.1) is 5.56 Å². The van der Waals surface area contributed by atoms with Crippen LogP contribution in [0.4, 0.5) is 11.4 Å².